The Morgan fingerprint density at radius 1 is 1.28 bits per heavy atom. The predicted octanol–water partition coefficient (Wildman–Crippen LogP) is 3.79. The van der Waals surface area contributed by atoms with Gasteiger partial charge in [-0.05, 0) is 23.8 Å². The van der Waals surface area contributed by atoms with Crippen LogP contribution in [0.4, 0.5) is 0 Å². The Hall–Kier alpha value is -1.31. The molecule has 1 unspecified atom stereocenters. The van der Waals surface area contributed by atoms with Crippen LogP contribution in [0.15, 0.2) is 30.3 Å². The highest BCUT2D eigenvalue weighted by Crippen LogP contribution is 2.33. The Balaban J connectivity index is 2.11. The van der Waals surface area contributed by atoms with Crippen LogP contribution in [0.3, 0.4) is 0 Å². The zero-order valence-electron chi connectivity index (χ0n) is 11.6. The van der Waals surface area contributed by atoms with Crippen LogP contribution in [0.1, 0.15) is 51.6 Å². The molecule has 0 N–H and O–H groups in total. The van der Waals surface area contributed by atoms with Crippen LogP contribution >= 0.6 is 0 Å². The Labute approximate surface area is 110 Å². The Morgan fingerprint density at radius 3 is 2.56 bits per heavy atom. The number of likely N-dealkylation sites (tertiary alicyclic amines) is 1. The summed E-state index contributed by atoms with van der Waals surface area (Å²) >= 11 is 0. The molecule has 0 aliphatic carbocycles. The van der Waals surface area contributed by atoms with Crippen molar-refractivity contribution in [1.82, 2.24) is 4.90 Å². The lowest BCUT2D eigenvalue weighted by Crippen LogP contribution is -2.33. The van der Waals surface area contributed by atoms with Crippen molar-refractivity contribution in [2.24, 2.45) is 5.41 Å². The van der Waals surface area contributed by atoms with E-state index < -0.39 is 0 Å². The number of hydrogen-bond donors (Lipinski definition) is 0. The molecule has 0 spiro atoms. The fourth-order valence-corrected chi connectivity index (χ4v) is 2.64. The first kappa shape index (κ1) is 13.1. The molecule has 2 heteroatoms. The van der Waals surface area contributed by atoms with Crippen LogP contribution in [0.2, 0.25) is 0 Å². The van der Waals surface area contributed by atoms with E-state index in [2.05, 4.69) is 49.9 Å². The fraction of sp³-hybridized carbons (Fsp3) is 0.562. The molecule has 1 aliphatic heterocycles. The lowest BCUT2D eigenvalue weighted by molar-refractivity contribution is -0.134. The number of amides is 1. The number of benzene rings is 1. The van der Waals surface area contributed by atoms with E-state index in [-0.39, 0.29) is 5.41 Å². The molecule has 0 bridgehead atoms. The molecule has 1 saturated heterocycles. The summed E-state index contributed by atoms with van der Waals surface area (Å²) in [5.74, 6) is 0.300. The Morgan fingerprint density at radius 2 is 1.94 bits per heavy atom. The van der Waals surface area contributed by atoms with Gasteiger partial charge in [0, 0.05) is 13.0 Å². The van der Waals surface area contributed by atoms with Gasteiger partial charge in [0.1, 0.15) is 0 Å². The highest BCUT2D eigenvalue weighted by atomic mass is 16.2. The van der Waals surface area contributed by atoms with Crippen LogP contribution in [0.5, 0.6) is 0 Å². The third-order valence-corrected chi connectivity index (χ3v) is 3.44. The fourth-order valence-electron chi connectivity index (χ4n) is 2.64. The first-order chi connectivity index (χ1) is 8.47. The van der Waals surface area contributed by atoms with Crippen molar-refractivity contribution in [3.05, 3.63) is 35.9 Å². The maximum atomic E-state index is 12.4. The molecule has 0 radical (unpaired) electrons. The van der Waals surface area contributed by atoms with Gasteiger partial charge in [-0.25, -0.2) is 0 Å². The molecular weight excluding hydrogens is 222 g/mol. The summed E-state index contributed by atoms with van der Waals surface area (Å²) in [7, 11) is 0. The second kappa shape index (κ2) is 5.13. The molecule has 18 heavy (non-hydrogen) atoms. The van der Waals surface area contributed by atoms with Gasteiger partial charge in [-0.3, -0.25) is 4.79 Å². The molecule has 2 rings (SSSR count). The van der Waals surface area contributed by atoms with E-state index in [1.165, 1.54) is 5.56 Å². The van der Waals surface area contributed by atoms with E-state index in [1.807, 2.05) is 6.07 Å². The Bertz CT molecular complexity index is 405. The largest absolute Gasteiger partial charge is 0.336 e. The van der Waals surface area contributed by atoms with Crippen molar-refractivity contribution in [3.63, 3.8) is 0 Å². The van der Waals surface area contributed by atoms with E-state index in [4.69, 9.17) is 0 Å². The lowest BCUT2D eigenvalue weighted by Gasteiger charge is -2.28. The van der Waals surface area contributed by atoms with Crippen LogP contribution in [-0.2, 0) is 4.79 Å². The average molecular weight is 245 g/mol. The number of nitrogens with zero attached hydrogens (tertiary/aromatic N) is 1. The van der Waals surface area contributed by atoms with E-state index in [9.17, 15) is 4.79 Å². The highest BCUT2D eigenvalue weighted by Gasteiger charge is 2.31. The Kier molecular flexibility index (Phi) is 3.74. The first-order valence-electron chi connectivity index (χ1n) is 6.82. The molecular formula is C16H23NO. The van der Waals surface area contributed by atoms with E-state index in [0.29, 0.717) is 18.4 Å². The van der Waals surface area contributed by atoms with Crippen LogP contribution < -0.4 is 0 Å². The molecule has 1 fully saturated rings. The van der Waals surface area contributed by atoms with Crippen molar-refractivity contribution in [2.45, 2.75) is 46.1 Å². The van der Waals surface area contributed by atoms with E-state index >= 15 is 0 Å². The summed E-state index contributed by atoms with van der Waals surface area (Å²) in [5.41, 5.74) is 1.35. The molecule has 2 nitrogen and oxygen atoms in total. The zero-order valence-corrected chi connectivity index (χ0v) is 11.6. The molecule has 1 amide bonds. The number of rotatable bonds is 2. The summed E-state index contributed by atoms with van der Waals surface area (Å²) < 4.78 is 0. The van der Waals surface area contributed by atoms with Crippen molar-refractivity contribution in [3.8, 4) is 0 Å². The van der Waals surface area contributed by atoms with Gasteiger partial charge in [-0.2, -0.15) is 0 Å². The third kappa shape index (κ3) is 3.12. The summed E-state index contributed by atoms with van der Waals surface area (Å²) in [4.78, 5) is 14.4. The standard InChI is InChI=1S/C16H23NO/c1-16(2,3)12-15(18)17-11-7-10-14(17)13-8-5-4-6-9-13/h4-6,8-9,14H,7,10-12H2,1-3H3. The summed E-state index contributed by atoms with van der Waals surface area (Å²) in [6.45, 7) is 7.28. The van der Waals surface area contributed by atoms with Crippen molar-refractivity contribution in [1.29, 1.82) is 0 Å². The van der Waals surface area contributed by atoms with Gasteiger partial charge >= 0.3 is 0 Å². The molecule has 1 atom stereocenters. The van der Waals surface area contributed by atoms with Crippen LogP contribution in [0.25, 0.3) is 0 Å². The molecule has 1 aromatic carbocycles. The third-order valence-electron chi connectivity index (χ3n) is 3.44. The second-order valence-corrected chi connectivity index (χ2v) is 6.39. The SMILES string of the molecule is CC(C)(C)CC(=O)N1CCCC1c1ccccc1. The predicted molar refractivity (Wildman–Crippen MR) is 74.2 cm³/mol. The van der Waals surface area contributed by atoms with E-state index in [1.54, 1.807) is 0 Å². The average Bonchev–Trinajstić information content (AvgIpc) is 2.76. The van der Waals surface area contributed by atoms with Crippen molar-refractivity contribution >= 4 is 5.91 Å². The van der Waals surface area contributed by atoms with Gasteiger partial charge in [-0.1, -0.05) is 51.1 Å². The number of carbonyl (C=O) groups excluding carboxylic acids is 1. The van der Waals surface area contributed by atoms with Crippen molar-refractivity contribution in [2.75, 3.05) is 6.54 Å². The maximum absolute atomic E-state index is 12.4. The molecule has 0 saturated carbocycles. The zero-order chi connectivity index (χ0) is 13.2. The smallest absolute Gasteiger partial charge is 0.223 e. The van der Waals surface area contributed by atoms with Crippen LogP contribution in [0, 0.1) is 5.41 Å². The second-order valence-electron chi connectivity index (χ2n) is 6.39. The quantitative estimate of drug-likeness (QED) is 0.776. The summed E-state index contributed by atoms with van der Waals surface area (Å²) in [6.07, 6.45) is 2.85. The van der Waals surface area contributed by atoms with Gasteiger partial charge in [-0.15, -0.1) is 0 Å². The van der Waals surface area contributed by atoms with E-state index in [0.717, 1.165) is 19.4 Å². The molecule has 98 valence electrons. The summed E-state index contributed by atoms with van der Waals surface area (Å²) in [6, 6.07) is 10.7. The van der Waals surface area contributed by atoms with Gasteiger partial charge in [0.15, 0.2) is 0 Å². The van der Waals surface area contributed by atoms with Gasteiger partial charge in [0.25, 0.3) is 0 Å². The molecule has 1 aliphatic rings. The number of carbonyl (C=O) groups is 1. The maximum Gasteiger partial charge on any atom is 0.223 e. The minimum atomic E-state index is 0.0703. The van der Waals surface area contributed by atoms with Gasteiger partial charge in [0.2, 0.25) is 5.91 Å². The van der Waals surface area contributed by atoms with Crippen molar-refractivity contribution < 1.29 is 4.79 Å². The minimum Gasteiger partial charge on any atom is -0.336 e. The lowest BCUT2D eigenvalue weighted by atomic mass is 9.91. The normalized spacial score (nSPS) is 20.2. The number of hydrogen-bond acceptors (Lipinski definition) is 1. The molecule has 1 aromatic rings. The van der Waals surface area contributed by atoms with Gasteiger partial charge in [0.05, 0.1) is 6.04 Å². The van der Waals surface area contributed by atoms with Crippen LogP contribution in [-0.4, -0.2) is 17.4 Å². The monoisotopic (exact) mass is 245 g/mol. The molecule has 1 heterocycles. The first-order valence-corrected chi connectivity index (χ1v) is 6.82. The molecule has 0 aromatic heterocycles. The summed E-state index contributed by atoms with van der Waals surface area (Å²) in [5, 5.41) is 0. The topological polar surface area (TPSA) is 20.3 Å². The highest BCUT2D eigenvalue weighted by molar-refractivity contribution is 5.77. The minimum absolute atomic E-state index is 0.0703. The van der Waals surface area contributed by atoms with Gasteiger partial charge < -0.3 is 4.90 Å².